The quantitative estimate of drug-likeness (QED) is 0.727. The fourth-order valence-electron chi connectivity index (χ4n) is 3.58. The van der Waals surface area contributed by atoms with Crippen molar-refractivity contribution in [2.24, 2.45) is 5.92 Å². The zero-order valence-corrected chi connectivity index (χ0v) is 15.4. The minimum Gasteiger partial charge on any atom is -0.338 e. The summed E-state index contributed by atoms with van der Waals surface area (Å²) in [6.07, 6.45) is 1.44. The standard InChI is InChI=1S/C22H23N3O/c1-14-11-19-21(20(26)12-14)22(23-17-10-9-15(2)16(3)13-17)24-25(19)18-7-5-4-6-8-18/h4-10,13-14H,11-12H2,1-3H3,(H,23,24)/t14-/m0/s1. The molecule has 132 valence electrons. The molecule has 1 aliphatic rings. The molecule has 0 spiro atoms. The summed E-state index contributed by atoms with van der Waals surface area (Å²) in [7, 11) is 0. The zero-order chi connectivity index (χ0) is 18.3. The monoisotopic (exact) mass is 345 g/mol. The summed E-state index contributed by atoms with van der Waals surface area (Å²) in [5, 5.41) is 8.16. The van der Waals surface area contributed by atoms with Gasteiger partial charge in [0.15, 0.2) is 11.6 Å². The lowest BCUT2D eigenvalue weighted by molar-refractivity contribution is 0.0953. The largest absolute Gasteiger partial charge is 0.338 e. The molecule has 1 heterocycles. The Morgan fingerprint density at radius 1 is 1.04 bits per heavy atom. The topological polar surface area (TPSA) is 46.9 Å². The van der Waals surface area contributed by atoms with Crippen LogP contribution in [0.4, 0.5) is 11.5 Å². The van der Waals surface area contributed by atoms with E-state index < -0.39 is 0 Å². The van der Waals surface area contributed by atoms with Gasteiger partial charge in [-0.1, -0.05) is 31.2 Å². The Balaban J connectivity index is 1.82. The minimum atomic E-state index is 0.173. The molecule has 0 aliphatic heterocycles. The molecule has 0 saturated carbocycles. The second-order valence-corrected chi connectivity index (χ2v) is 7.28. The highest BCUT2D eigenvalue weighted by atomic mass is 16.1. The lowest BCUT2D eigenvalue weighted by atomic mass is 9.87. The van der Waals surface area contributed by atoms with Crippen molar-refractivity contribution in [2.45, 2.75) is 33.6 Å². The number of anilines is 2. The van der Waals surface area contributed by atoms with Crippen molar-refractivity contribution in [1.29, 1.82) is 0 Å². The first-order valence-electron chi connectivity index (χ1n) is 9.07. The number of aryl methyl sites for hydroxylation is 2. The van der Waals surface area contributed by atoms with Gasteiger partial charge in [0.25, 0.3) is 0 Å². The molecule has 3 aromatic rings. The third kappa shape index (κ3) is 2.92. The second kappa shape index (κ2) is 6.45. The summed E-state index contributed by atoms with van der Waals surface area (Å²) in [5.74, 6) is 1.17. The molecule has 0 amide bonds. The molecule has 4 heteroatoms. The number of rotatable bonds is 3. The zero-order valence-electron chi connectivity index (χ0n) is 15.4. The summed E-state index contributed by atoms with van der Waals surface area (Å²) in [4.78, 5) is 12.8. The van der Waals surface area contributed by atoms with Gasteiger partial charge in [0.1, 0.15) is 0 Å². The van der Waals surface area contributed by atoms with E-state index in [1.807, 2.05) is 41.1 Å². The predicted octanol–water partition coefficient (Wildman–Crippen LogP) is 5.00. The SMILES string of the molecule is Cc1ccc(Nc2nn(-c3ccccc3)c3c2C(=O)C[C@@H](C)C3)cc1C. The van der Waals surface area contributed by atoms with Gasteiger partial charge in [-0.15, -0.1) is 5.10 Å². The van der Waals surface area contributed by atoms with Gasteiger partial charge in [0.05, 0.1) is 16.9 Å². The highest BCUT2D eigenvalue weighted by Crippen LogP contribution is 2.34. The van der Waals surface area contributed by atoms with Gasteiger partial charge >= 0.3 is 0 Å². The third-order valence-corrected chi connectivity index (χ3v) is 5.11. The van der Waals surface area contributed by atoms with E-state index in [2.05, 4.69) is 38.2 Å². The number of nitrogens with zero attached hydrogens (tertiary/aromatic N) is 2. The fraction of sp³-hybridized carbons (Fsp3) is 0.273. The van der Waals surface area contributed by atoms with Crippen LogP contribution in [-0.4, -0.2) is 15.6 Å². The van der Waals surface area contributed by atoms with Crippen LogP contribution in [0.3, 0.4) is 0 Å². The van der Waals surface area contributed by atoms with E-state index in [-0.39, 0.29) is 5.78 Å². The molecule has 0 bridgehead atoms. The molecular formula is C22H23N3O. The lowest BCUT2D eigenvalue weighted by Gasteiger charge is -2.19. The average molecular weight is 345 g/mol. The Bertz CT molecular complexity index is 973. The summed E-state index contributed by atoms with van der Waals surface area (Å²) in [5.41, 5.74) is 6.15. The average Bonchev–Trinajstić information content (AvgIpc) is 2.97. The molecule has 1 aliphatic carbocycles. The van der Waals surface area contributed by atoms with Crippen LogP contribution in [0.25, 0.3) is 5.69 Å². The fourth-order valence-corrected chi connectivity index (χ4v) is 3.58. The van der Waals surface area contributed by atoms with E-state index in [0.717, 1.165) is 29.1 Å². The van der Waals surface area contributed by atoms with E-state index in [1.54, 1.807) is 0 Å². The van der Waals surface area contributed by atoms with Crippen LogP contribution >= 0.6 is 0 Å². The van der Waals surface area contributed by atoms with Crippen molar-refractivity contribution >= 4 is 17.3 Å². The molecule has 2 aromatic carbocycles. The van der Waals surface area contributed by atoms with E-state index in [9.17, 15) is 4.79 Å². The molecule has 0 saturated heterocycles. The maximum atomic E-state index is 12.8. The number of aromatic nitrogens is 2. The third-order valence-electron chi connectivity index (χ3n) is 5.11. The van der Waals surface area contributed by atoms with Gasteiger partial charge in [-0.2, -0.15) is 0 Å². The number of ketones is 1. The Kier molecular flexibility index (Phi) is 4.11. The van der Waals surface area contributed by atoms with Gasteiger partial charge in [-0.05, 0) is 61.6 Å². The first kappa shape index (κ1) is 16.6. The number of hydrogen-bond acceptors (Lipinski definition) is 3. The van der Waals surface area contributed by atoms with Crippen LogP contribution in [0.5, 0.6) is 0 Å². The smallest absolute Gasteiger partial charge is 0.168 e. The van der Waals surface area contributed by atoms with E-state index in [1.165, 1.54) is 11.1 Å². The van der Waals surface area contributed by atoms with Gasteiger partial charge in [-0.25, -0.2) is 4.68 Å². The minimum absolute atomic E-state index is 0.173. The summed E-state index contributed by atoms with van der Waals surface area (Å²) in [6, 6.07) is 16.2. The number of para-hydroxylation sites is 1. The van der Waals surface area contributed by atoms with E-state index in [4.69, 9.17) is 5.10 Å². The molecular weight excluding hydrogens is 322 g/mol. The molecule has 0 fully saturated rings. The van der Waals surface area contributed by atoms with E-state index >= 15 is 0 Å². The van der Waals surface area contributed by atoms with Gasteiger partial charge in [0.2, 0.25) is 0 Å². The molecule has 1 N–H and O–H groups in total. The number of nitrogens with one attached hydrogen (secondary N) is 1. The molecule has 4 nitrogen and oxygen atoms in total. The van der Waals surface area contributed by atoms with Crippen LogP contribution in [0.15, 0.2) is 48.5 Å². The van der Waals surface area contributed by atoms with Crippen molar-refractivity contribution in [1.82, 2.24) is 9.78 Å². The Morgan fingerprint density at radius 2 is 1.81 bits per heavy atom. The Morgan fingerprint density at radius 3 is 2.54 bits per heavy atom. The number of hydrogen-bond donors (Lipinski definition) is 1. The van der Waals surface area contributed by atoms with Crippen molar-refractivity contribution in [2.75, 3.05) is 5.32 Å². The second-order valence-electron chi connectivity index (χ2n) is 7.28. The Labute approximate surface area is 153 Å². The van der Waals surface area contributed by atoms with Gasteiger partial charge in [0, 0.05) is 12.1 Å². The van der Waals surface area contributed by atoms with Gasteiger partial charge in [-0.3, -0.25) is 4.79 Å². The predicted molar refractivity (Wildman–Crippen MR) is 105 cm³/mol. The van der Waals surface area contributed by atoms with Crippen LogP contribution in [0, 0.1) is 19.8 Å². The normalized spacial score (nSPS) is 16.4. The number of fused-ring (bicyclic) bond motifs is 1. The first-order valence-corrected chi connectivity index (χ1v) is 9.07. The lowest BCUT2D eigenvalue weighted by Crippen LogP contribution is -2.19. The summed E-state index contributed by atoms with van der Waals surface area (Å²) in [6.45, 7) is 6.31. The van der Waals surface area contributed by atoms with Crippen LogP contribution in [0.1, 0.15) is 40.5 Å². The molecule has 4 rings (SSSR count). The summed E-state index contributed by atoms with van der Waals surface area (Å²) >= 11 is 0. The van der Waals surface area contributed by atoms with Crippen molar-refractivity contribution in [3.63, 3.8) is 0 Å². The number of carbonyl (C=O) groups excluding carboxylic acids is 1. The number of carbonyl (C=O) groups is 1. The molecule has 0 unspecified atom stereocenters. The number of Topliss-reactive ketones (excluding diaryl/α,β-unsaturated/α-hetero) is 1. The van der Waals surface area contributed by atoms with Crippen LogP contribution in [0.2, 0.25) is 0 Å². The summed E-state index contributed by atoms with van der Waals surface area (Å²) < 4.78 is 1.92. The van der Waals surface area contributed by atoms with Gasteiger partial charge < -0.3 is 5.32 Å². The maximum Gasteiger partial charge on any atom is 0.168 e. The van der Waals surface area contributed by atoms with Crippen LogP contribution in [-0.2, 0) is 6.42 Å². The first-order chi connectivity index (χ1) is 12.5. The van der Waals surface area contributed by atoms with E-state index in [0.29, 0.717) is 18.2 Å². The molecule has 0 radical (unpaired) electrons. The molecule has 1 aromatic heterocycles. The van der Waals surface area contributed by atoms with Crippen molar-refractivity contribution < 1.29 is 4.79 Å². The molecule has 1 atom stereocenters. The molecule has 26 heavy (non-hydrogen) atoms. The maximum absolute atomic E-state index is 12.8. The Hall–Kier alpha value is -2.88. The highest BCUT2D eigenvalue weighted by molar-refractivity contribution is 6.03. The van der Waals surface area contributed by atoms with Crippen LogP contribution < -0.4 is 5.32 Å². The van der Waals surface area contributed by atoms with Crippen molar-refractivity contribution in [3.05, 3.63) is 70.9 Å². The highest BCUT2D eigenvalue weighted by Gasteiger charge is 2.31. The number of benzene rings is 2. The van der Waals surface area contributed by atoms with Crippen molar-refractivity contribution in [3.8, 4) is 5.69 Å².